The third-order valence-electron chi connectivity index (χ3n) is 4.60. The van der Waals surface area contributed by atoms with E-state index in [4.69, 9.17) is 10.5 Å². The number of unbranched alkanes of at least 4 members (excludes halogenated alkanes) is 1. The smallest absolute Gasteiger partial charge is 0.408 e. The number of likely N-dealkylation sites (N-methyl/N-ethyl adjacent to an activating group) is 1. The molecule has 1 aromatic carbocycles. The molecule has 4 amide bonds. The Morgan fingerprint density at radius 2 is 1.72 bits per heavy atom. The molecule has 1 aromatic rings. The van der Waals surface area contributed by atoms with Gasteiger partial charge < -0.3 is 26.0 Å². The second-order valence-electron chi connectivity index (χ2n) is 8.78. The van der Waals surface area contributed by atoms with Gasteiger partial charge in [0.25, 0.3) is 0 Å². The van der Waals surface area contributed by atoms with Crippen LogP contribution in [0.25, 0.3) is 0 Å². The minimum absolute atomic E-state index is 0.353. The van der Waals surface area contributed by atoms with E-state index in [-0.39, 0.29) is 5.91 Å². The van der Waals surface area contributed by atoms with Gasteiger partial charge >= 0.3 is 6.09 Å². The van der Waals surface area contributed by atoms with E-state index in [9.17, 15) is 19.2 Å². The fraction of sp³-hybridized carbons (Fsp3) is 0.565. The van der Waals surface area contributed by atoms with Crippen molar-refractivity contribution in [3.8, 4) is 0 Å². The molecular formula is C23H36N4O5. The van der Waals surface area contributed by atoms with Gasteiger partial charge in [0.05, 0.1) is 6.42 Å². The maximum Gasteiger partial charge on any atom is 0.408 e. The number of amides is 4. The van der Waals surface area contributed by atoms with Crippen LogP contribution in [0.5, 0.6) is 0 Å². The van der Waals surface area contributed by atoms with E-state index in [2.05, 4.69) is 10.6 Å². The Kier molecular flexibility index (Phi) is 10.2. The van der Waals surface area contributed by atoms with Crippen LogP contribution < -0.4 is 16.4 Å². The fourth-order valence-electron chi connectivity index (χ4n) is 3.01. The Bertz CT molecular complexity index is 802. The SMILES string of the molecule is CCCCNC(=O)C(c1ccc(C)cc1)N(C)C(=O)C(CC(N)=O)NC(=O)OC(C)(C)C. The van der Waals surface area contributed by atoms with Crippen molar-refractivity contribution in [3.63, 3.8) is 0 Å². The lowest BCUT2D eigenvalue weighted by Gasteiger charge is -2.31. The second-order valence-corrected chi connectivity index (χ2v) is 8.78. The van der Waals surface area contributed by atoms with Crippen LogP contribution >= 0.6 is 0 Å². The molecule has 0 aliphatic carbocycles. The van der Waals surface area contributed by atoms with E-state index in [0.717, 1.165) is 18.4 Å². The zero-order valence-electron chi connectivity index (χ0n) is 19.9. The molecule has 0 saturated carbocycles. The van der Waals surface area contributed by atoms with Crippen LogP contribution in [0.1, 0.15) is 64.1 Å². The van der Waals surface area contributed by atoms with E-state index in [1.54, 1.807) is 32.9 Å². The highest BCUT2D eigenvalue weighted by Crippen LogP contribution is 2.22. The zero-order chi connectivity index (χ0) is 24.5. The summed E-state index contributed by atoms with van der Waals surface area (Å²) < 4.78 is 5.20. The number of nitrogens with two attached hydrogens (primary N) is 1. The number of alkyl carbamates (subject to hydrolysis) is 1. The third-order valence-corrected chi connectivity index (χ3v) is 4.60. The number of carbonyl (C=O) groups is 4. The zero-order valence-corrected chi connectivity index (χ0v) is 19.9. The van der Waals surface area contributed by atoms with E-state index < -0.39 is 42.0 Å². The van der Waals surface area contributed by atoms with Crippen LogP contribution in [0.4, 0.5) is 4.79 Å². The number of nitrogens with one attached hydrogen (secondary N) is 2. The van der Waals surface area contributed by atoms with Crippen molar-refractivity contribution in [2.75, 3.05) is 13.6 Å². The monoisotopic (exact) mass is 448 g/mol. The third kappa shape index (κ3) is 8.95. The number of hydrogen-bond acceptors (Lipinski definition) is 5. The highest BCUT2D eigenvalue weighted by Gasteiger charge is 2.34. The Morgan fingerprint density at radius 3 is 2.22 bits per heavy atom. The van der Waals surface area contributed by atoms with E-state index in [0.29, 0.717) is 12.1 Å². The molecule has 0 fully saturated rings. The van der Waals surface area contributed by atoms with Crippen molar-refractivity contribution in [3.05, 3.63) is 35.4 Å². The number of nitrogens with zero attached hydrogens (tertiary/aromatic N) is 1. The van der Waals surface area contributed by atoms with Crippen molar-refractivity contribution in [1.82, 2.24) is 15.5 Å². The molecule has 0 bridgehead atoms. The molecule has 32 heavy (non-hydrogen) atoms. The lowest BCUT2D eigenvalue weighted by molar-refractivity contribution is -0.141. The molecule has 0 aromatic heterocycles. The molecule has 0 radical (unpaired) electrons. The van der Waals surface area contributed by atoms with Gasteiger partial charge in [0.2, 0.25) is 17.7 Å². The van der Waals surface area contributed by atoms with E-state index >= 15 is 0 Å². The van der Waals surface area contributed by atoms with Gasteiger partial charge in [-0.05, 0) is 39.7 Å². The topological polar surface area (TPSA) is 131 Å². The van der Waals surface area contributed by atoms with Crippen molar-refractivity contribution < 1.29 is 23.9 Å². The van der Waals surface area contributed by atoms with Gasteiger partial charge in [-0.25, -0.2) is 4.79 Å². The number of carbonyl (C=O) groups excluding carboxylic acids is 4. The Hall–Kier alpha value is -3.10. The summed E-state index contributed by atoms with van der Waals surface area (Å²) >= 11 is 0. The van der Waals surface area contributed by atoms with Gasteiger partial charge in [-0.3, -0.25) is 14.4 Å². The van der Waals surface area contributed by atoms with Crippen molar-refractivity contribution in [2.45, 2.75) is 71.6 Å². The number of rotatable bonds is 10. The summed E-state index contributed by atoms with van der Waals surface area (Å²) in [7, 11) is 1.46. The summed E-state index contributed by atoms with van der Waals surface area (Å²) in [5.41, 5.74) is 6.12. The molecule has 4 N–H and O–H groups in total. The minimum Gasteiger partial charge on any atom is -0.444 e. The van der Waals surface area contributed by atoms with Gasteiger partial charge in [0, 0.05) is 13.6 Å². The highest BCUT2D eigenvalue weighted by molar-refractivity contribution is 5.94. The second kappa shape index (κ2) is 12.1. The normalized spacial score (nSPS) is 12.9. The van der Waals surface area contributed by atoms with Crippen molar-refractivity contribution in [1.29, 1.82) is 0 Å². The molecule has 0 aliphatic rings. The van der Waals surface area contributed by atoms with E-state index in [1.807, 2.05) is 26.0 Å². The van der Waals surface area contributed by atoms with Crippen LogP contribution in [0.15, 0.2) is 24.3 Å². The lowest BCUT2D eigenvalue weighted by atomic mass is 10.0. The maximum absolute atomic E-state index is 13.3. The van der Waals surface area contributed by atoms with Gasteiger partial charge in [0.15, 0.2) is 0 Å². The molecule has 2 atom stereocenters. The fourth-order valence-corrected chi connectivity index (χ4v) is 3.01. The number of ether oxygens (including phenoxy) is 1. The van der Waals surface area contributed by atoms with Crippen molar-refractivity contribution >= 4 is 23.8 Å². The average Bonchev–Trinajstić information content (AvgIpc) is 2.67. The molecular weight excluding hydrogens is 412 g/mol. The summed E-state index contributed by atoms with van der Waals surface area (Å²) in [6.07, 6.45) is 0.421. The van der Waals surface area contributed by atoms with Gasteiger partial charge in [-0.15, -0.1) is 0 Å². The Morgan fingerprint density at radius 1 is 1.12 bits per heavy atom. The largest absolute Gasteiger partial charge is 0.444 e. The summed E-state index contributed by atoms with van der Waals surface area (Å²) in [6, 6.07) is 5.01. The summed E-state index contributed by atoms with van der Waals surface area (Å²) in [5, 5.41) is 5.25. The van der Waals surface area contributed by atoms with Gasteiger partial charge in [-0.1, -0.05) is 43.2 Å². The number of benzene rings is 1. The molecule has 178 valence electrons. The molecule has 2 unspecified atom stereocenters. The Balaban J connectivity index is 3.18. The molecule has 9 nitrogen and oxygen atoms in total. The Labute approximate surface area is 190 Å². The summed E-state index contributed by atoms with van der Waals surface area (Å²) in [4.78, 5) is 51.3. The van der Waals surface area contributed by atoms with Crippen LogP contribution in [0.2, 0.25) is 0 Å². The summed E-state index contributed by atoms with van der Waals surface area (Å²) in [5.74, 6) is -1.76. The molecule has 0 spiro atoms. The van der Waals surface area contributed by atoms with Gasteiger partial charge in [0.1, 0.15) is 17.7 Å². The minimum atomic E-state index is -1.27. The number of primary amides is 1. The maximum atomic E-state index is 13.3. The quantitative estimate of drug-likeness (QED) is 0.472. The van der Waals surface area contributed by atoms with Crippen LogP contribution in [-0.4, -0.2) is 54.0 Å². The van der Waals surface area contributed by atoms with Crippen LogP contribution in [0, 0.1) is 6.92 Å². The standard InChI is InChI=1S/C23H36N4O5/c1-7-8-13-25-20(29)19(16-11-9-15(2)10-12-16)27(6)21(30)17(14-18(24)28)26-22(31)32-23(3,4)5/h9-12,17,19H,7-8,13-14H2,1-6H3,(H2,24,28)(H,25,29)(H,26,31). The summed E-state index contributed by atoms with van der Waals surface area (Å²) in [6.45, 7) is 9.44. The van der Waals surface area contributed by atoms with Crippen LogP contribution in [-0.2, 0) is 19.1 Å². The van der Waals surface area contributed by atoms with Crippen LogP contribution in [0.3, 0.4) is 0 Å². The van der Waals surface area contributed by atoms with E-state index in [1.165, 1.54) is 11.9 Å². The molecule has 1 rings (SSSR count). The number of aryl methyl sites for hydroxylation is 1. The highest BCUT2D eigenvalue weighted by atomic mass is 16.6. The first-order valence-electron chi connectivity index (χ1n) is 10.7. The first-order valence-corrected chi connectivity index (χ1v) is 10.7. The van der Waals surface area contributed by atoms with Gasteiger partial charge in [-0.2, -0.15) is 0 Å². The average molecular weight is 449 g/mol. The predicted molar refractivity (Wildman–Crippen MR) is 122 cm³/mol. The molecule has 0 heterocycles. The molecule has 0 saturated heterocycles. The van der Waals surface area contributed by atoms with Crippen molar-refractivity contribution in [2.24, 2.45) is 5.73 Å². The first kappa shape index (κ1) is 26.9. The first-order chi connectivity index (χ1) is 14.9. The predicted octanol–water partition coefficient (Wildman–Crippen LogP) is 2.18. The number of hydrogen-bond donors (Lipinski definition) is 3. The molecule has 0 aliphatic heterocycles. The molecule has 9 heteroatoms. The lowest BCUT2D eigenvalue weighted by Crippen LogP contribution is -2.52.